The number of pyridine rings is 1. The van der Waals surface area contributed by atoms with Crippen LogP contribution in [-0.4, -0.2) is 45.9 Å². The molecular weight excluding hydrogens is 350 g/mol. The summed E-state index contributed by atoms with van der Waals surface area (Å²) in [6, 6.07) is 12.3. The van der Waals surface area contributed by atoms with Gasteiger partial charge in [-0.2, -0.15) is 0 Å². The molecule has 1 aliphatic heterocycles. The SMILES string of the molecule is CN(CCc1ccncc1)C(=O)c1cnc(N2CCCc3ccccc32)nc1. The Labute approximate surface area is 164 Å². The van der Waals surface area contributed by atoms with E-state index in [1.165, 1.54) is 5.56 Å². The Balaban J connectivity index is 1.44. The van der Waals surface area contributed by atoms with Crippen LogP contribution in [0.2, 0.25) is 0 Å². The number of hydrogen-bond acceptors (Lipinski definition) is 5. The lowest BCUT2D eigenvalue weighted by Gasteiger charge is -2.29. The maximum atomic E-state index is 12.7. The number of anilines is 2. The van der Waals surface area contributed by atoms with Gasteiger partial charge >= 0.3 is 0 Å². The highest BCUT2D eigenvalue weighted by molar-refractivity contribution is 5.93. The summed E-state index contributed by atoms with van der Waals surface area (Å²) in [6.07, 6.45) is 9.72. The molecule has 4 rings (SSSR count). The fourth-order valence-corrected chi connectivity index (χ4v) is 3.48. The summed E-state index contributed by atoms with van der Waals surface area (Å²) in [5.74, 6) is 0.572. The summed E-state index contributed by atoms with van der Waals surface area (Å²) >= 11 is 0. The maximum absolute atomic E-state index is 12.7. The molecule has 0 atom stereocenters. The fraction of sp³-hybridized carbons (Fsp3) is 0.273. The minimum Gasteiger partial charge on any atom is -0.341 e. The predicted molar refractivity (Wildman–Crippen MR) is 109 cm³/mol. The van der Waals surface area contributed by atoms with Gasteiger partial charge in [-0.1, -0.05) is 18.2 Å². The normalized spacial score (nSPS) is 13.1. The van der Waals surface area contributed by atoms with E-state index < -0.39 is 0 Å². The lowest BCUT2D eigenvalue weighted by atomic mass is 10.0. The zero-order valence-electron chi connectivity index (χ0n) is 16.0. The van der Waals surface area contributed by atoms with Crippen LogP contribution in [0.25, 0.3) is 0 Å². The molecule has 2 aromatic heterocycles. The summed E-state index contributed by atoms with van der Waals surface area (Å²) < 4.78 is 0. The van der Waals surface area contributed by atoms with Crippen molar-refractivity contribution in [2.75, 3.05) is 25.0 Å². The van der Waals surface area contributed by atoms with E-state index >= 15 is 0 Å². The van der Waals surface area contributed by atoms with Crippen molar-refractivity contribution in [3.8, 4) is 0 Å². The summed E-state index contributed by atoms with van der Waals surface area (Å²) in [4.78, 5) is 29.5. The molecule has 0 N–H and O–H groups in total. The van der Waals surface area contributed by atoms with Gasteiger partial charge in [0.25, 0.3) is 5.91 Å². The molecule has 3 heterocycles. The molecular formula is C22H23N5O. The molecule has 0 radical (unpaired) electrons. The molecule has 0 bridgehead atoms. The maximum Gasteiger partial charge on any atom is 0.256 e. The van der Waals surface area contributed by atoms with Crippen molar-refractivity contribution in [2.24, 2.45) is 0 Å². The minimum absolute atomic E-state index is 0.0698. The van der Waals surface area contributed by atoms with Crippen LogP contribution in [0.3, 0.4) is 0 Å². The van der Waals surface area contributed by atoms with Gasteiger partial charge in [-0.05, 0) is 48.6 Å². The highest BCUT2D eigenvalue weighted by Gasteiger charge is 2.20. The van der Waals surface area contributed by atoms with Gasteiger partial charge in [-0.15, -0.1) is 0 Å². The predicted octanol–water partition coefficient (Wildman–Crippen LogP) is 3.27. The number of aryl methyl sites for hydroxylation is 1. The molecule has 1 amide bonds. The first-order valence-corrected chi connectivity index (χ1v) is 9.54. The summed E-state index contributed by atoms with van der Waals surface area (Å²) in [6.45, 7) is 1.51. The zero-order chi connectivity index (χ0) is 19.3. The third-order valence-corrected chi connectivity index (χ3v) is 5.07. The van der Waals surface area contributed by atoms with Crippen molar-refractivity contribution in [2.45, 2.75) is 19.3 Å². The van der Waals surface area contributed by atoms with E-state index in [1.54, 1.807) is 36.7 Å². The Morgan fingerprint density at radius 2 is 1.86 bits per heavy atom. The van der Waals surface area contributed by atoms with Gasteiger partial charge in [-0.25, -0.2) is 9.97 Å². The molecule has 1 aliphatic rings. The number of rotatable bonds is 5. The first kappa shape index (κ1) is 18.1. The van der Waals surface area contributed by atoms with Crippen LogP contribution >= 0.6 is 0 Å². The first-order valence-electron chi connectivity index (χ1n) is 9.54. The van der Waals surface area contributed by atoms with Crippen LogP contribution in [0.4, 0.5) is 11.6 Å². The Morgan fingerprint density at radius 1 is 1.11 bits per heavy atom. The molecule has 0 aliphatic carbocycles. The molecule has 3 aromatic rings. The second-order valence-electron chi connectivity index (χ2n) is 6.99. The van der Waals surface area contributed by atoms with Gasteiger partial charge in [0, 0.05) is 50.6 Å². The van der Waals surface area contributed by atoms with Crippen molar-refractivity contribution < 1.29 is 4.79 Å². The van der Waals surface area contributed by atoms with E-state index in [2.05, 4.69) is 38.1 Å². The Morgan fingerprint density at radius 3 is 2.64 bits per heavy atom. The van der Waals surface area contributed by atoms with E-state index in [9.17, 15) is 4.79 Å². The average Bonchev–Trinajstić information content (AvgIpc) is 2.77. The number of hydrogen-bond donors (Lipinski definition) is 0. The van der Waals surface area contributed by atoms with Crippen molar-refractivity contribution in [3.05, 3.63) is 77.9 Å². The standard InChI is InChI=1S/C22H23N5O/c1-26(14-10-17-8-11-23-12-9-17)21(28)19-15-24-22(25-16-19)27-13-4-6-18-5-2-3-7-20(18)27/h2-3,5,7-9,11-12,15-16H,4,6,10,13-14H2,1H3. The fourth-order valence-electron chi connectivity index (χ4n) is 3.48. The third-order valence-electron chi connectivity index (χ3n) is 5.07. The summed E-state index contributed by atoms with van der Waals surface area (Å²) in [5, 5.41) is 0. The summed E-state index contributed by atoms with van der Waals surface area (Å²) in [7, 11) is 1.80. The summed E-state index contributed by atoms with van der Waals surface area (Å²) in [5.41, 5.74) is 4.13. The van der Waals surface area contributed by atoms with Crippen LogP contribution < -0.4 is 4.90 Å². The van der Waals surface area contributed by atoms with Crippen molar-refractivity contribution in [3.63, 3.8) is 0 Å². The molecule has 0 fully saturated rings. The molecule has 0 spiro atoms. The molecule has 0 unspecified atom stereocenters. The number of fused-ring (bicyclic) bond motifs is 1. The van der Waals surface area contributed by atoms with Gasteiger partial charge in [0.15, 0.2) is 0 Å². The molecule has 6 nitrogen and oxygen atoms in total. The van der Waals surface area contributed by atoms with Crippen molar-refractivity contribution in [1.82, 2.24) is 19.9 Å². The number of carbonyl (C=O) groups is 1. The van der Waals surface area contributed by atoms with E-state index in [0.29, 0.717) is 18.1 Å². The first-order chi connectivity index (χ1) is 13.7. The van der Waals surface area contributed by atoms with Crippen molar-refractivity contribution in [1.29, 1.82) is 0 Å². The zero-order valence-corrected chi connectivity index (χ0v) is 16.0. The van der Waals surface area contributed by atoms with E-state index in [1.807, 2.05) is 18.2 Å². The second kappa shape index (κ2) is 8.17. The van der Waals surface area contributed by atoms with Gasteiger partial charge in [0.2, 0.25) is 5.95 Å². The van der Waals surface area contributed by atoms with Gasteiger partial charge in [0.05, 0.1) is 5.56 Å². The number of amides is 1. The van der Waals surface area contributed by atoms with Crippen LogP contribution in [0.15, 0.2) is 61.2 Å². The molecule has 6 heteroatoms. The third kappa shape index (κ3) is 3.86. The van der Waals surface area contributed by atoms with E-state index in [0.717, 1.165) is 37.1 Å². The van der Waals surface area contributed by atoms with Gasteiger partial charge < -0.3 is 9.80 Å². The quantitative estimate of drug-likeness (QED) is 0.687. The number of benzene rings is 1. The Kier molecular flexibility index (Phi) is 5.28. The molecule has 0 saturated carbocycles. The lowest BCUT2D eigenvalue weighted by Crippen LogP contribution is -2.30. The molecule has 28 heavy (non-hydrogen) atoms. The van der Waals surface area contributed by atoms with Gasteiger partial charge in [-0.3, -0.25) is 9.78 Å². The Hall–Kier alpha value is -3.28. The van der Waals surface area contributed by atoms with Gasteiger partial charge in [0.1, 0.15) is 0 Å². The van der Waals surface area contributed by atoms with E-state index in [4.69, 9.17) is 0 Å². The topological polar surface area (TPSA) is 62.2 Å². The number of para-hydroxylation sites is 1. The van der Waals surface area contributed by atoms with Crippen LogP contribution in [0.5, 0.6) is 0 Å². The number of likely N-dealkylation sites (N-methyl/N-ethyl adjacent to an activating group) is 1. The monoisotopic (exact) mass is 373 g/mol. The Bertz CT molecular complexity index is 943. The smallest absolute Gasteiger partial charge is 0.256 e. The van der Waals surface area contributed by atoms with Crippen LogP contribution in [0, 0.1) is 0 Å². The lowest BCUT2D eigenvalue weighted by molar-refractivity contribution is 0.0796. The molecule has 1 aromatic carbocycles. The van der Waals surface area contributed by atoms with Crippen molar-refractivity contribution >= 4 is 17.5 Å². The molecule has 142 valence electrons. The second-order valence-corrected chi connectivity index (χ2v) is 6.99. The number of carbonyl (C=O) groups excluding carboxylic acids is 1. The largest absolute Gasteiger partial charge is 0.341 e. The van der Waals surface area contributed by atoms with E-state index in [-0.39, 0.29) is 5.91 Å². The minimum atomic E-state index is -0.0698. The number of aromatic nitrogens is 3. The van der Waals surface area contributed by atoms with Crippen LogP contribution in [-0.2, 0) is 12.8 Å². The number of nitrogens with zero attached hydrogens (tertiary/aromatic N) is 5. The molecule has 0 saturated heterocycles. The highest BCUT2D eigenvalue weighted by Crippen LogP contribution is 2.31. The average molecular weight is 373 g/mol. The highest BCUT2D eigenvalue weighted by atomic mass is 16.2. The van der Waals surface area contributed by atoms with Crippen LogP contribution in [0.1, 0.15) is 27.9 Å².